The van der Waals surface area contributed by atoms with Gasteiger partial charge in [0, 0.05) is 37.9 Å². The maximum absolute atomic E-state index is 14.2. The number of thioether (sulfide) groups is 1. The van der Waals surface area contributed by atoms with Gasteiger partial charge in [-0.1, -0.05) is 114 Å². The second-order valence-corrected chi connectivity index (χ2v) is 23.0. The first-order valence-electron chi connectivity index (χ1n) is 28.0. The Bertz CT molecular complexity index is 2840. The molecule has 450 valence electrons. The lowest BCUT2D eigenvalue weighted by molar-refractivity contribution is -0.158. The molecule has 19 nitrogen and oxygen atoms in total. The average molecular weight is 1170 g/mol. The second kappa shape index (κ2) is 31.8. The van der Waals surface area contributed by atoms with Gasteiger partial charge in [0.25, 0.3) is 5.91 Å². The minimum Gasteiger partial charge on any atom is -0.480 e. The monoisotopic (exact) mass is 1160 g/mol. The standard InChI is InChI=1S/C63H84N6O13S/c1-15-38(5)54(59(74)75)66-53(70)34-68(12)58(73)50(32-43-26-28-44(33-64)29-27-43)69(13)57(72)42(9)65-56(71)52(31-37(3)4)81-60(76)40(7)25-30-51(80-36-83-14)41(8)55(39(6)16-2)82-61(77)63(10,11)67-62(78)79-35-49-47-23-19-17-21-45(47)46-22-18-20-24-48(46)49/h16-29,37-38,41-42,49-52,54-55H,15,30-32,34-36H2,1-14H3,(H,65,71)(H,66,70)(H,67,78)(H,74,75)/b39-16+,40-25+/t38-,41+,42+,50-,51+,52-,54+,55-/m1/s1. The number of nitrogens with one attached hydrogen (secondary N) is 3. The molecule has 0 radical (unpaired) electrons. The van der Waals surface area contributed by atoms with Gasteiger partial charge in [-0.2, -0.15) is 5.26 Å². The number of carbonyl (C=O) groups is 8. The molecular weight excluding hydrogens is 1080 g/mol. The van der Waals surface area contributed by atoms with Crippen LogP contribution in [-0.4, -0.2) is 144 Å². The van der Waals surface area contributed by atoms with Crippen molar-refractivity contribution < 1.29 is 62.4 Å². The number of hydrogen-bond donors (Lipinski definition) is 4. The second-order valence-electron chi connectivity index (χ2n) is 22.2. The van der Waals surface area contributed by atoms with Gasteiger partial charge in [-0.3, -0.25) is 19.2 Å². The van der Waals surface area contributed by atoms with Crippen LogP contribution in [-0.2, 0) is 58.9 Å². The van der Waals surface area contributed by atoms with Gasteiger partial charge in [0.1, 0.15) is 36.4 Å². The van der Waals surface area contributed by atoms with E-state index in [9.17, 15) is 48.7 Å². The summed E-state index contributed by atoms with van der Waals surface area (Å²) >= 11 is 1.43. The van der Waals surface area contributed by atoms with Crippen molar-refractivity contribution >= 4 is 59.4 Å². The van der Waals surface area contributed by atoms with Crippen LogP contribution in [0.5, 0.6) is 0 Å². The number of ether oxygens (including phenoxy) is 4. The smallest absolute Gasteiger partial charge is 0.408 e. The first kappa shape index (κ1) is 68.0. The summed E-state index contributed by atoms with van der Waals surface area (Å²) in [6.45, 7) is 18.2. The number of carboxylic acids is 1. The summed E-state index contributed by atoms with van der Waals surface area (Å²) in [5.74, 6) is -6.49. The minimum absolute atomic E-state index is 0.0483. The van der Waals surface area contributed by atoms with Gasteiger partial charge in [0.15, 0.2) is 6.10 Å². The Morgan fingerprint density at radius 2 is 1.46 bits per heavy atom. The maximum Gasteiger partial charge on any atom is 0.408 e. The van der Waals surface area contributed by atoms with Crippen LogP contribution in [0.25, 0.3) is 11.1 Å². The molecule has 4 rings (SSSR count). The van der Waals surface area contributed by atoms with Gasteiger partial charge in [-0.15, -0.1) is 11.8 Å². The fourth-order valence-corrected chi connectivity index (χ4v) is 9.92. The lowest BCUT2D eigenvalue weighted by atomic mass is 9.90. The van der Waals surface area contributed by atoms with E-state index in [1.807, 2.05) is 102 Å². The summed E-state index contributed by atoms with van der Waals surface area (Å²) in [6.07, 6.45) is 2.44. The molecule has 83 heavy (non-hydrogen) atoms. The molecule has 0 saturated heterocycles. The number of allylic oxidation sites excluding steroid dienone is 1. The molecule has 0 bridgehead atoms. The molecule has 8 atom stereocenters. The number of nitriles is 1. The van der Waals surface area contributed by atoms with Crippen molar-refractivity contribution in [2.75, 3.05) is 39.4 Å². The summed E-state index contributed by atoms with van der Waals surface area (Å²) in [7, 11) is 2.73. The highest BCUT2D eigenvalue weighted by Gasteiger charge is 2.39. The molecule has 0 saturated carbocycles. The highest BCUT2D eigenvalue weighted by Crippen LogP contribution is 2.44. The highest BCUT2D eigenvalue weighted by molar-refractivity contribution is 7.98. The lowest BCUT2D eigenvalue weighted by Crippen LogP contribution is -2.56. The van der Waals surface area contributed by atoms with E-state index in [2.05, 4.69) is 16.0 Å². The summed E-state index contributed by atoms with van der Waals surface area (Å²) in [4.78, 5) is 111. The molecule has 20 heteroatoms. The zero-order chi connectivity index (χ0) is 61.9. The van der Waals surface area contributed by atoms with Gasteiger partial charge < -0.3 is 49.8 Å². The van der Waals surface area contributed by atoms with E-state index in [-0.39, 0.29) is 49.2 Å². The topological polar surface area (TPSA) is 260 Å². The van der Waals surface area contributed by atoms with Crippen molar-refractivity contribution in [2.45, 2.75) is 150 Å². The van der Waals surface area contributed by atoms with Gasteiger partial charge in [0.05, 0.1) is 30.2 Å². The lowest BCUT2D eigenvalue weighted by Gasteiger charge is -2.34. The third-order valence-electron chi connectivity index (χ3n) is 15.0. The van der Waals surface area contributed by atoms with Crippen LogP contribution in [0.1, 0.15) is 124 Å². The van der Waals surface area contributed by atoms with E-state index in [0.29, 0.717) is 17.5 Å². The number of benzene rings is 3. The fraction of sp³-hybridized carbons (Fsp3) is 0.508. The maximum atomic E-state index is 14.2. The number of nitrogens with zero attached hydrogens (tertiary/aromatic N) is 3. The Labute approximate surface area is 493 Å². The van der Waals surface area contributed by atoms with Crippen molar-refractivity contribution in [1.82, 2.24) is 25.8 Å². The molecule has 4 N–H and O–H groups in total. The highest BCUT2D eigenvalue weighted by atomic mass is 32.2. The molecule has 1 aliphatic rings. The van der Waals surface area contributed by atoms with E-state index in [0.717, 1.165) is 37.6 Å². The molecule has 0 spiro atoms. The van der Waals surface area contributed by atoms with Crippen molar-refractivity contribution in [1.29, 1.82) is 5.26 Å². The first-order valence-corrected chi connectivity index (χ1v) is 29.4. The average Bonchev–Trinajstić information content (AvgIpc) is 4.02. The van der Waals surface area contributed by atoms with Crippen molar-refractivity contribution in [3.05, 3.63) is 118 Å². The molecule has 3 aromatic carbocycles. The molecule has 3 aromatic rings. The molecule has 0 aromatic heterocycles. The van der Waals surface area contributed by atoms with Crippen LogP contribution in [0.4, 0.5) is 4.79 Å². The first-order chi connectivity index (χ1) is 39.2. The molecule has 0 heterocycles. The zero-order valence-electron chi connectivity index (χ0n) is 50.4. The molecule has 0 aliphatic heterocycles. The molecule has 0 unspecified atom stereocenters. The fourth-order valence-electron chi connectivity index (χ4n) is 9.61. The molecular formula is C63H84N6O13S. The van der Waals surface area contributed by atoms with Gasteiger partial charge in [-0.25, -0.2) is 19.2 Å². The van der Waals surface area contributed by atoms with Crippen LogP contribution in [0.15, 0.2) is 96.1 Å². The zero-order valence-corrected chi connectivity index (χ0v) is 51.2. The summed E-state index contributed by atoms with van der Waals surface area (Å²) < 4.78 is 24.1. The normalized spacial score (nSPS) is 15.3. The largest absolute Gasteiger partial charge is 0.480 e. The number of carbonyl (C=O) groups excluding carboxylic acids is 7. The van der Waals surface area contributed by atoms with Crippen LogP contribution < -0.4 is 16.0 Å². The number of esters is 2. The number of alkyl carbamates (subject to hydrolysis) is 1. The van der Waals surface area contributed by atoms with Crippen LogP contribution >= 0.6 is 11.8 Å². The van der Waals surface area contributed by atoms with Crippen LogP contribution in [0.2, 0.25) is 0 Å². The quantitative estimate of drug-likeness (QED) is 0.0161. The number of hydrogen-bond acceptors (Lipinski definition) is 14. The number of amides is 5. The van der Waals surface area contributed by atoms with Crippen LogP contribution in [0.3, 0.4) is 0 Å². The van der Waals surface area contributed by atoms with E-state index >= 15 is 0 Å². The van der Waals surface area contributed by atoms with Crippen LogP contribution in [0, 0.1) is 29.1 Å². The Morgan fingerprint density at radius 3 is 2.00 bits per heavy atom. The third-order valence-corrected chi connectivity index (χ3v) is 15.3. The Hall–Kier alpha value is -7.50. The summed E-state index contributed by atoms with van der Waals surface area (Å²) in [5, 5.41) is 26.9. The van der Waals surface area contributed by atoms with Crippen molar-refractivity contribution in [3.8, 4) is 17.2 Å². The van der Waals surface area contributed by atoms with Crippen molar-refractivity contribution in [2.24, 2.45) is 17.8 Å². The van der Waals surface area contributed by atoms with E-state index in [1.165, 1.54) is 53.6 Å². The number of aliphatic carboxylic acids is 1. The minimum atomic E-state index is -1.51. The molecule has 5 amide bonds. The van der Waals surface area contributed by atoms with Crippen molar-refractivity contribution in [3.63, 3.8) is 0 Å². The summed E-state index contributed by atoms with van der Waals surface area (Å²) in [6, 6.07) is 20.7. The number of likely N-dealkylation sites (N-methyl/N-ethyl adjacent to an activating group) is 2. The van der Waals surface area contributed by atoms with E-state index in [4.69, 9.17) is 18.9 Å². The molecule has 1 aliphatic carbocycles. The van der Waals surface area contributed by atoms with Gasteiger partial charge >= 0.3 is 24.0 Å². The summed E-state index contributed by atoms with van der Waals surface area (Å²) in [5.41, 5.74) is 4.58. The SMILES string of the molecule is C/C=C(\C)[C@@H](OC(=O)C(C)(C)NC(=O)OCC1c2ccccc2-c2ccccc21)[C@@H](C)[C@H](C/C=C(\C)C(=O)O[C@H](CC(C)C)C(=O)N[C@@H](C)C(=O)N(C)[C@H](Cc1ccc(C#N)cc1)C(=O)N(C)CC(=O)N[C@H](C(=O)O)[C@H](C)CC)OCSC. The Morgan fingerprint density at radius 1 is 0.855 bits per heavy atom. The number of rotatable bonds is 30. The van der Waals surface area contributed by atoms with Gasteiger partial charge in [0.2, 0.25) is 17.7 Å². The number of fused-ring (bicyclic) bond motifs is 3. The number of carboxylic acid groups (broad SMARTS) is 1. The van der Waals surface area contributed by atoms with Gasteiger partial charge in [-0.05, 0) is 118 Å². The Kier molecular flexibility index (Phi) is 26.1. The van der Waals surface area contributed by atoms with E-state index < -0.39 is 108 Å². The Balaban J connectivity index is 1.45. The third kappa shape index (κ3) is 19.0. The predicted octanol–water partition coefficient (Wildman–Crippen LogP) is 8.34. The molecule has 0 fully saturated rings. The predicted molar refractivity (Wildman–Crippen MR) is 317 cm³/mol. The van der Waals surface area contributed by atoms with E-state index in [1.54, 1.807) is 44.2 Å².